The fourth-order valence-electron chi connectivity index (χ4n) is 1.78. The predicted molar refractivity (Wildman–Crippen MR) is 71.2 cm³/mol. The third-order valence-corrected chi connectivity index (χ3v) is 3.28. The first-order valence-electron chi connectivity index (χ1n) is 5.34. The van der Waals surface area contributed by atoms with Crippen molar-refractivity contribution in [2.75, 3.05) is 5.73 Å². The van der Waals surface area contributed by atoms with Gasteiger partial charge in [0.2, 0.25) is 5.82 Å². The molecule has 8 heteroatoms. The lowest BCUT2D eigenvalue weighted by atomic mass is 10.1. The lowest BCUT2D eigenvalue weighted by molar-refractivity contribution is -0.384. The van der Waals surface area contributed by atoms with Crippen molar-refractivity contribution < 1.29 is 9.31 Å². The van der Waals surface area contributed by atoms with E-state index in [4.69, 9.17) is 5.73 Å². The Bertz CT molecular complexity index is 644. The van der Waals surface area contributed by atoms with Crippen molar-refractivity contribution in [3.8, 4) is 0 Å². The summed E-state index contributed by atoms with van der Waals surface area (Å²) in [5.41, 5.74) is 5.71. The van der Waals surface area contributed by atoms with Crippen molar-refractivity contribution in [3.63, 3.8) is 0 Å². The summed E-state index contributed by atoms with van der Waals surface area (Å²) in [7, 11) is 0. The Morgan fingerprint density at radius 1 is 1.58 bits per heavy atom. The molecule has 1 aromatic carbocycles. The lowest BCUT2D eigenvalue weighted by Crippen LogP contribution is -2.13. The highest BCUT2D eigenvalue weighted by atomic mass is 79.9. The molecule has 0 saturated carbocycles. The van der Waals surface area contributed by atoms with Crippen LogP contribution < -0.4 is 5.73 Å². The van der Waals surface area contributed by atoms with Crippen molar-refractivity contribution in [2.45, 2.75) is 13.0 Å². The van der Waals surface area contributed by atoms with Crippen LogP contribution in [-0.4, -0.2) is 14.7 Å². The van der Waals surface area contributed by atoms with Gasteiger partial charge < -0.3 is 5.73 Å². The first kappa shape index (κ1) is 13.5. The Morgan fingerprint density at radius 2 is 2.26 bits per heavy atom. The molecule has 0 aliphatic heterocycles. The highest BCUT2D eigenvalue weighted by Crippen LogP contribution is 2.29. The maximum Gasteiger partial charge on any atom is 0.330 e. The molecular weight excluding hydrogens is 319 g/mol. The molecule has 0 amide bonds. The minimum Gasteiger partial charge on any atom is -0.378 e. The Balaban J connectivity index is 2.47. The van der Waals surface area contributed by atoms with Crippen LogP contribution in [0.2, 0.25) is 0 Å². The number of nitro groups is 1. The number of rotatable bonds is 3. The van der Waals surface area contributed by atoms with Gasteiger partial charge in [-0.15, -0.1) is 0 Å². The van der Waals surface area contributed by atoms with Crippen LogP contribution in [0.15, 0.2) is 28.9 Å². The second-order valence-corrected chi connectivity index (χ2v) is 4.87. The summed E-state index contributed by atoms with van der Waals surface area (Å²) >= 11 is 3.25. The average Bonchev–Trinajstić information content (AvgIpc) is 2.73. The van der Waals surface area contributed by atoms with Gasteiger partial charge in [0, 0.05) is 10.0 Å². The van der Waals surface area contributed by atoms with E-state index in [9.17, 15) is 14.5 Å². The van der Waals surface area contributed by atoms with Gasteiger partial charge in [-0.1, -0.05) is 15.9 Å². The van der Waals surface area contributed by atoms with Gasteiger partial charge in [0.25, 0.3) is 0 Å². The number of halogens is 2. The van der Waals surface area contributed by atoms with Crippen LogP contribution >= 0.6 is 15.9 Å². The monoisotopic (exact) mass is 328 g/mol. The van der Waals surface area contributed by atoms with Crippen molar-refractivity contribution in [3.05, 3.63) is 50.4 Å². The molecule has 0 radical (unpaired) electrons. The van der Waals surface area contributed by atoms with Crippen LogP contribution in [0.1, 0.15) is 18.5 Å². The molecule has 0 bridgehead atoms. The van der Waals surface area contributed by atoms with E-state index in [0.29, 0.717) is 10.0 Å². The van der Waals surface area contributed by atoms with Gasteiger partial charge in [-0.25, -0.2) is 9.07 Å². The summed E-state index contributed by atoms with van der Waals surface area (Å²) in [5.74, 6) is -0.523. The van der Waals surface area contributed by atoms with Crippen molar-refractivity contribution in [1.29, 1.82) is 0 Å². The molecule has 1 heterocycles. The van der Waals surface area contributed by atoms with Gasteiger partial charge >= 0.3 is 5.69 Å². The molecule has 1 aromatic heterocycles. The van der Waals surface area contributed by atoms with Crippen LogP contribution in [-0.2, 0) is 0 Å². The molecule has 2 N–H and O–H groups in total. The number of anilines is 1. The van der Waals surface area contributed by atoms with E-state index in [2.05, 4.69) is 21.0 Å². The minimum absolute atomic E-state index is 0.100. The Morgan fingerprint density at radius 3 is 2.84 bits per heavy atom. The quantitative estimate of drug-likeness (QED) is 0.693. The van der Waals surface area contributed by atoms with Gasteiger partial charge in [0.05, 0.1) is 11.0 Å². The van der Waals surface area contributed by atoms with Gasteiger partial charge in [0.15, 0.2) is 0 Å². The van der Waals surface area contributed by atoms with Gasteiger partial charge in [-0.05, 0) is 25.1 Å². The summed E-state index contributed by atoms with van der Waals surface area (Å²) in [5, 5.41) is 14.6. The number of nitrogen functional groups attached to an aromatic ring is 1. The van der Waals surface area contributed by atoms with Gasteiger partial charge in [-0.3, -0.25) is 10.1 Å². The molecule has 0 spiro atoms. The summed E-state index contributed by atoms with van der Waals surface area (Å²) in [4.78, 5) is 10.1. The standard InChI is InChI=1S/C11H10BrFN4O2/c1-6(8-4-7(12)2-3-9(8)13)16-11(14)10(5-15-16)17(18)19/h2-6H,14H2,1H3. The highest BCUT2D eigenvalue weighted by molar-refractivity contribution is 9.10. The second-order valence-electron chi connectivity index (χ2n) is 3.96. The third-order valence-electron chi connectivity index (χ3n) is 2.79. The topological polar surface area (TPSA) is 87.0 Å². The second kappa shape index (κ2) is 4.96. The van der Waals surface area contributed by atoms with E-state index in [-0.39, 0.29) is 11.5 Å². The fraction of sp³-hybridized carbons (Fsp3) is 0.182. The van der Waals surface area contributed by atoms with E-state index >= 15 is 0 Å². The van der Waals surface area contributed by atoms with Crippen LogP contribution in [0.3, 0.4) is 0 Å². The van der Waals surface area contributed by atoms with E-state index in [0.717, 1.165) is 6.20 Å². The van der Waals surface area contributed by atoms with E-state index in [1.165, 1.54) is 10.7 Å². The van der Waals surface area contributed by atoms with Gasteiger partial charge in [-0.2, -0.15) is 5.10 Å². The van der Waals surface area contributed by atoms with Crippen molar-refractivity contribution in [2.24, 2.45) is 0 Å². The highest BCUT2D eigenvalue weighted by Gasteiger charge is 2.23. The van der Waals surface area contributed by atoms with Crippen molar-refractivity contribution in [1.82, 2.24) is 9.78 Å². The Labute approximate surface area is 116 Å². The van der Waals surface area contributed by atoms with E-state index in [1.807, 2.05) is 0 Å². The average molecular weight is 329 g/mol. The molecule has 1 unspecified atom stereocenters. The molecule has 2 rings (SSSR count). The number of nitrogens with zero attached hydrogens (tertiary/aromatic N) is 3. The molecule has 0 fully saturated rings. The molecule has 1 atom stereocenters. The Kier molecular flexibility index (Phi) is 3.52. The number of hydrogen-bond donors (Lipinski definition) is 1. The molecule has 0 aliphatic carbocycles. The van der Waals surface area contributed by atoms with E-state index in [1.54, 1.807) is 19.1 Å². The number of aromatic nitrogens is 2. The number of nitrogens with two attached hydrogens (primary N) is 1. The smallest absolute Gasteiger partial charge is 0.330 e. The van der Waals surface area contributed by atoms with Crippen LogP contribution in [0.4, 0.5) is 15.9 Å². The normalized spacial score (nSPS) is 12.4. The SMILES string of the molecule is CC(c1cc(Br)ccc1F)n1ncc([N+](=O)[O-])c1N. The first-order chi connectivity index (χ1) is 8.91. The fourth-order valence-corrected chi connectivity index (χ4v) is 2.16. The zero-order valence-electron chi connectivity index (χ0n) is 9.88. The van der Waals surface area contributed by atoms with Crippen molar-refractivity contribution >= 4 is 27.4 Å². The lowest BCUT2D eigenvalue weighted by Gasteiger charge is -2.15. The van der Waals surface area contributed by atoms with Crippen LogP contribution in [0.25, 0.3) is 0 Å². The summed E-state index contributed by atoms with van der Waals surface area (Å²) < 4.78 is 15.7. The first-order valence-corrected chi connectivity index (χ1v) is 6.13. The molecular formula is C11H10BrFN4O2. The molecule has 6 nitrogen and oxygen atoms in total. The summed E-state index contributed by atoms with van der Waals surface area (Å²) in [6.45, 7) is 1.66. The summed E-state index contributed by atoms with van der Waals surface area (Å²) in [6, 6.07) is 3.92. The van der Waals surface area contributed by atoms with Crippen LogP contribution in [0, 0.1) is 15.9 Å². The maximum atomic E-state index is 13.8. The maximum absolute atomic E-state index is 13.8. The Hall–Kier alpha value is -1.96. The largest absolute Gasteiger partial charge is 0.378 e. The zero-order valence-corrected chi connectivity index (χ0v) is 11.5. The molecule has 0 saturated heterocycles. The van der Waals surface area contributed by atoms with Gasteiger partial charge in [0.1, 0.15) is 12.0 Å². The molecule has 0 aliphatic rings. The molecule has 100 valence electrons. The third kappa shape index (κ3) is 2.43. The minimum atomic E-state index is -0.622. The summed E-state index contributed by atoms with van der Waals surface area (Å²) in [6.07, 6.45) is 1.06. The molecule has 2 aromatic rings. The zero-order chi connectivity index (χ0) is 14.2. The van der Waals surface area contributed by atoms with E-state index < -0.39 is 16.8 Å². The number of benzene rings is 1. The van der Waals surface area contributed by atoms with Crippen LogP contribution in [0.5, 0.6) is 0 Å². The predicted octanol–water partition coefficient (Wildman–Crippen LogP) is 2.88. The molecule has 19 heavy (non-hydrogen) atoms. The number of hydrogen-bond acceptors (Lipinski definition) is 4.